The highest BCUT2D eigenvalue weighted by Crippen LogP contribution is 2.52. The predicted octanol–water partition coefficient (Wildman–Crippen LogP) is 10.1. The largest absolute Gasteiger partial charge is 0.456 e. The summed E-state index contributed by atoms with van der Waals surface area (Å²) in [5.41, 5.74) is 10.1. The maximum atomic E-state index is 10.6. The number of hydrogen-bond donors (Lipinski definition) is 0. The zero-order valence-corrected chi connectivity index (χ0v) is 22.4. The van der Waals surface area contributed by atoms with E-state index in [1.165, 1.54) is 10.5 Å². The Balaban J connectivity index is 1.40. The van der Waals surface area contributed by atoms with Crippen LogP contribution in [0.25, 0.3) is 55.3 Å². The van der Waals surface area contributed by atoms with Crippen molar-refractivity contribution in [1.82, 2.24) is 0 Å². The number of benzene rings is 5. The van der Waals surface area contributed by atoms with Crippen LogP contribution >= 0.6 is 11.8 Å². The summed E-state index contributed by atoms with van der Waals surface area (Å²) in [6, 6.07) is 38.4. The summed E-state index contributed by atoms with van der Waals surface area (Å²) in [7, 11) is 0. The van der Waals surface area contributed by atoms with Gasteiger partial charge in [-0.2, -0.15) is 5.26 Å². The lowest BCUT2D eigenvalue weighted by molar-refractivity contribution is 0.669. The Kier molecular flexibility index (Phi) is 5.30. The van der Waals surface area contributed by atoms with Crippen molar-refractivity contribution >= 4 is 33.7 Å². The lowest BCUT2D eigenvalue weighted by Gasteiger charge is -2.20. The van der Waals surface area contributed by atoms with E-state index in [9.17, 15) is 5.26 Å². The quantitative estimate of drug-likeness (QED) is 0.229. The van der Waals surface area contributed by atoms with E-state index in [0.29, 0.717) is 16.7 Å². The molecule has 0 saturated heterocycles. The normalized spacial score (nSPS) is 17.2. The van der Waals surface area contributed by atoms with Gasteiger partial charge in [-0.05, 0) is 64.2 Å². The maximum Gasteiger partial charge on any atom is 0.135 e. The lowest BCUT2D eigenvalue weighted by atomic mass is 9.82. The molecule has 0 N–H and O–H groups in total. The number of thioether (sulfide) groups is 1. The monoisotopic (exact) mass is 529 g/mol. The number of furan rings is 1. The van der Waals surface area contributed by atoms with Crippen LogP contribution in [0.4, 0.5) is 0 Å². The van der Waals surface area contributed by atoms with E-state index in [2.05, 4.69) is 97.1 Å². The van der Waals surface area contributed by atoms with E-state index in [1.807, 2.05) is 48.2 Å². The maximum absolute atomic E-state index is 10.6. The molecule has 40 heavy (non-hydrogen) atoms. The molecule has 1 aliphatic carbocycles. The van der Waals surface area contributed by atoms with Crippen LogP contribution in [0, 0.1) is 11.3 Å². The van der Waals surface area contributed by atoms with Gasteiger partial charge in [0.05, 0.1) is 5.56 Å². The van der Waals surface area contributed by atoms with E-state index in [4.69, 9.17) is 4.42 Å². The Bertz CT molecular complexity index is 2060. The molecule has 3 heteroatoms. The van der Waals surface area contributed by atoms with Gasteiger partial charge in [-0.15, -0.1) is 11.8 Å². The van der Waals surface area contributed by atoms with Crippen LogP contribution < -0.4 is 0 Å². The van der Waals surface area contributed by atoms with Crippen molar-refractivity contribution in [3.8, 4) is 39.4 Å². The van der Waals surface area contributed by atoms with Crippen molar-refractivity contribution in [2.75, 3.05) is 0 Å². The fourth-order valence-electron chi connectivity index (χ4n) is 6.22. The fourth-order valence-corrected chi connectivity index (χ4v) is 7.59. The van der Waals surface area contributed by atoms with E-state index in [0.717, 1.165) is 55.3 Å². The number of nitrogens with zero attached hydrogens (tertiary/aromatic N) is 1. The zero-order valence-electron chi connectivity index (χ0n) is 21.5. The highest BCUT2D eigenvalue weighted by molar-refractivity contribution is 8.00. The molecular formula is C37H23NOS. The molecule has 0 bridgehead atoms. The summed E-state index contributed by atoms with van der Waals surface area (Å²) in [5, 5.41) is 13.2. The van der Waals surface area contributed by atoms with E-state index < -0.39 is 0 Å². The Morgan fingerprint density at radius 1 is 0.625 bits per heavy atom. The lowest BCUT2D eigenvalue weighted by Crippen LogP contribution is -2.08. The molecule has 0 amide bonds. The molecule has 0 radical (unpaired) electrons. The first-order valence-corrected chi connectivity index (χ1v) is 14.4. The SMILES string of the molecule is N#Cc1c(-c2ccccc2)cc(-c2ccc3oc4ccccc4c3c2)cc1-c1cccc2c1C1C=CC=CC1S2. The third-order valence-corrected chi connectivity index (χ3v) is 9.41. The minimum Gasteiger partial charge on any atom is -0.456 e. The minimum atomic E-state index is 0.296. The number of hydrogen-bond acceptors (Lipinski definition) is 3. The van der Waals surface area contributed by atoms with Gasteiger partial charge in [-0.3, -0.25) is 0 Å². The highest BCUT2D eigenvalue weighted by atomic mass is 32.2. The van der Waals surface area contributed by atoms with Crippen molar-refractivity contribution in [1.29, 1.82) is 5.26 Å². The smallest absolute Gasteiger partial charge is 0.135 e. The van der Waals surface area contributed by atoms with E-state index >= 15 is 0 Å². The third-order valence-electron chi connectivity index (χ3n) is 8.08. The molecule has 2 heterocycles. The van der Waals surface area contributed by atoms with Crippen molar-refractivity contribution < 1.29 is 4.42 Å². The van der Waals surface area contributed by atoms with Gasteiger partial charge in [0.25, 0.3) is 0 Å². The van der Waals surface area contributed by atoms with Crippen molar-refractivity contribution in [3.63, 3.8) is 0 Å². The first kappa shape index (κ1) is 23.1. The molecule has 0 fully saturated rings. The molecule has 2 atom stereocenters. The molecule has 188 valence electrons. The molecule has 8 rings (SSSR count). The molecule has 5 aromatic carbocycles. The zero-order chi connectivity index (χ0) is 26.6. The van der Waals surface area contributed by atoms with Gasteiger partial charge >= 0.3 is 0 Å². The van der Waals surface area contributed by atoms with Crippen molar-refractivity contribution in [2.45, 2.75) is 16.1 Å². The summed E-state index contributed by atoms with van der Waals surface area (Å²) < 4.78 is 6.11. The molecule has 2 unspecified atom stereocenters. The average molecular weight is 530 g/mol. The number of allylic oxidation sites excluding steroid dienone is 3. The second-order valence-corrected chi connectivity index (χ2v) is 11.5. The van der Waals surface area contributed by atoms with Crippen LogP contribution in [0.3, 0.4) is 0 Å². The Labute approximate surface area is 236 Å². The summed E-state index contributed by atoms with van der Waals surface area (Å²) in [4.78, 5) is 1.30. The van der Waals surface area contributed by atoms with Crippen LogP contribution in [0.5, 0.6) is 0 Å². The Morgan fingerprint density at radius 2 is 1.43 bits per heavy atom. The number of fused-ring (bicyclic) bond motifs is 6. The molecular weight excluding hydrogens is 506 g/mol. The van der Waals surface area contributed by atoms with Gasteiger partial charge in [-0.25, -0.2) is 0 Å². The summed E-state index contributed by atoms with van der Waals surface area (Å²) in [6.07, 6.45) is 8.89. The van der Waals surface area contributed by atoms with Crippen LogP contribution in [0.1, 0.15) is 17.0 Å². The van der Waals surface area contributed by atoms with Crippen LogP contribution in [0.2, 0.25) is 0 Å². The first-order valence-electron chi connectivity index (χ1n) is 13.5. The summed E-state index contributed by atoms with van der Waals surface area (Å²) in [5.74, 6) is 0.296. The number of rotatable bonds is 3. The van der Waals surface area contributed by atoms with Gasteiger partial charge < -0.3 is 4.42 Å². The number of para-hydroxylation sites is 1. The molecule has 0 spiro atoms. The van der Waals surface area contributed by atoms with Gasteiger partial charge in [0, 0.05) is 38.0 Å². The van der Waals surface area contributed by atoms with E-state index in [1.54, 1.807) is 0 Å². The topological polar surface area (TPSA) is 36.9 Å². The van der Waals surface area contributed by atoms with Crippen LogP contribution in [-0.4, -0.2) is 5.25 Å². The van der Waals surface area contributed by atoms with Gasteiger partial charge in [-0.1, -0.05) is 91.0 Å². The Morgan fingerprint density at radius 3 is 2.33 bits per heavy atom. The van der Waals surface area contributed by atoms with Gasteiger partial charge in [0.15, 0.2) is 0 Å². The van der Waals surface area contributed by atoms with E-state index in [-0.39, 0.29) is 0 Å². The van der Waals surface area contributed by atoms with Crippen LogP contribution in [0.15, 0.2) is 137 Å². The Hall–Kier alpha value is -4.78. The minimum absolute atomic E-state index is 0.296. The molecule has 1 aromatic heterocycles. The first-order chi connectivity index (χ1) is 19.8. The predicted molar refractivity (Wildman–Crippen MR) is 165 cm³/mol. The number of nitriles is 1. The average Bonchev–Trinajstić information content (AvgIpc) is 3.59. The fraction of sp³-hybridized carbons (Fsp3) is 0.0541. The molecule has 2 aliphatic rings. The van der Waals surface area contributed by atoms with Gasteiger partial charge in [0.1, 0.15) is 17.2 Å². The standard InChI is InChI=1S/C37H23NOS/c38-22-32-29(23-9-2-1-3-10-23)20-25(24-17-18-34-31(19-24)26-11-4-6-14-33(26)39-34)21-30(32)27-13-8-16-36-37(27)28-12-5-7-15-35(28)40-36/h1-21,28,35H. The van der Waals surface area contributed by atoms with Crippen LogP contribution in [-0.2, 0) is 0 Å². The second-order valence-electron chi connectivity index (χ2n) is 10.3. The molecule has 6 aromatic rings. The molecule has 1 aliphatic heterocycles. The van der Waals surface area contributed by atoms with Crippen molar-refractivity contribution in [3.05, 3.63) is 139 Å². The van der Waals surface area contributed by atoms with Gasteiger partial charge in [0.2, 0.25) is 0 Å². The second kappa shape index (κ2) is 9.16. The third kappa shape index (κ3) is 3.57. The summed E-state index contributed by atoms with van der Waals surface area (Å²) >= 11 is 1.92. The highest BCUT2D eigenvalue weighted by Gasteiger charge is 2.34. The molecule has 0 saturated carbocycles. The summed E-state index contributed by atoms with van der Waals surface area (Å²) in [6.45, 7) is 0. The van der Waals surface area contributed by atoms with Crippen molar-refractivity contribution in [2.24, 2.45) is 0 Å². The molecule has 2 nitrogen and oxygen atoms in total.